The van der Waals surface area contributed by atoms with E-state index < -0.39 is 44.8 Å². The Morgan fingerprint density at radius 2 is 1.56 bits per heavy atom. The quantitative estimate of drug-likeness (QED) is 0.115. The van der Waals surface area contributed by atoms with Gasteiger partial charge in [-0.2, -0.15) is 4.98 Å². The van der Waals surface area contributed by atoms with E-state index in [1.165, 1.54) is 6.20 Å². The second-order valence-electron chi connectivity index (χ2n) is 18.4. The third-order valence-electron chi connectivity index (χ3n) is 13.0. The highest BCUT2D eigenvalue weighted by Crippen LogP contribution is 2.39. The minimum Gasteiger partial charge on any atom is -0.489 e. The van der Waals surface area contributed by atoms with Gasteiger partial charge < -0.3 is 25.2 Å². The smallest absolute Gasteiger partial charge is 0.262 e. The van der Waals surface area contributed by atoms with E-state index in [2.05, 4.69) is 67.5 Å². The van der Waals surface area contributed by atoms with Crippen LogP contribution in [0.1, 0.15) is 93.5 Å². The lowest BCUT2D eigenvalue weighted by Crippen LogP contribution is -2.58. The number of hydrogen-bond donors (Lipinski definition) is 3. The predicted octanol–water partition coefficient (Wildman–Crippen LogP) is 7.11. The molecule has 66 heavy (non-hydrogen) atoms. The molecule has 1 aromatic heterocycles. The normalized spacial score (nSPS) is 20.9. The summed E-state index contributed by atoms with van der Waals surface area (Å²) in [5.74, 6) is -0.341. The molecule has 16 nitrogen and oxygen atoms in total. The number of hydrogen-bond acceptors (Lipinski definition) is 14. The first-order valence-electron chi connectivity index (χ1n) is 22.7. The number of sulfone groups is 1. The molecule has 3 fully saturated rings. The summed E-state index contributed by atoms with van der Waals surface area (Å²) in [6.07, 6.45) is 3.62. The third-order valence-corrected chi connectivity index (χ3v) is 15.5. The van der Waals surface area contributed by atoms with E-state index >= 15 is 0 Å². The highest BCUT2D eigenvalue weighted by molar-refractivity contribution is 7.92. The van der Waals surface area contributed by atoms with E-state index in [1.54, 1.807) is 50.2 Å². The first kappa shape index (κ1) is 46.7. The van der Waals surface area contributed by atoms with E-state index in [9.17, 15) is 27.6 Å². The number of carbonyl (C=O) groups is 4. The minimum atomic E-state index is -3.59. The molecule has 0 spiro atoms. The number of benzene rings is 3. The van der Waals surface area contributed by atoms with Crippen LogP contribution in [0.5, 0.6) is 5.75 Å². The SMILES string of the molecule is Cc1cc(Nc2ncc(Cl)c(Nc3ccccc3S(=O)(=O)C(C)C)n2)c(OC(C)C)cc1N1CCC(CN2C(C)CN(c3ccc4c(c3)C(=O)N(C3CCC(=O)NC3=O)C4=O)CC2C)CC1. The summed E-state index contributed by atoms with van der Waals surface area (Å²) < 4.78 is 32.6. The van der Waals surface area contributed by atoms with Crippen molar-refractivity contribution in [1.29, 1.82) is 0 Å². The number of piperazine rings is 1. The number of amides is 4. The van der Waals surface area contributed by atoms with E-state index in [-0.39, 0.29) is 58.3 Å². The molecule has 3 N–H and O–H groups in total. The van der Waals surface area contributed by atoms with Crippen molar-refractivity contribution in [3.8, 4) is 5.75 Å². The molecule has 0 aliphatic carbocycles. The monoisotopic (exact) mass is 939 g/mol. The number of fused-ring (bicyclic) bond motifs is 1. The number of halogens is 1. The van der Waals surface area contributed by atoms with Gasteiger partial charge in [-0.15, -0.1) is 0 Å². The number of para-hydroxylation sites is 1. The Morgan fingerprint density at radius 1 is 0.864 bits per heavy atom. The van der Waals surface area contributed by atoms with Crippen molar-refractivity contribution in [2.24, 2.45) is 5.92 Å². The Balaban J connectivity index is 0.900. The topological polar surface area (TPSA) is 186 Å². The molecule has 0 bridgehead atoms. The Labute approximate surface area is 391 Å². The summed E-state index contributed by atoms with van der Waals surface area (Å²) in [5.41, 5.74) is 4.65. The molecule has 350 valence electrons. The van der Waals surface area contributed by atoms with Crippen LogP contribution in [-0.2, 0) is 19.4 Å². The Hall–Kier alpha value is -5.78. The maximum atomic E-state index is 13.5. The second kappa shape index (κ2) is 18.8. The lowest BCUT2D eigenvalue weighted by molar-refractivity contribution is -0.136. The van der Waals surface area contributed by atoms with Crippen LogP contribution >= 0.6 is 11.6 Å². The summed E-state index contributed by atoms with van der Waals surface area (Å²) in [6, 6.07) is 15.6. The molecule has 18 heteroatoms. The number of anilines is 6. The molecule has 3 unspecified atom stereocenters. The molecule has 3 saturated heterocycles. The molecule has 4 aliphatic rings. The zero-order valence-electron chi connectivity index (χ0n) is 38.4. The highest BCUT2D eigenvalue weighted by Gasteiger charge is 2.45. The van der Waals surface area contributed by atoms with Crippen molar-refractivity contribution in [3.63, 3.8) is 0 Å². The number of imide groups is 2. The summed E-state index contributed by atoms with van der Waals surface area (Å²) >= 11 is 6.54. The molecular formula is C48H58ClN9O7S. The van der Waals surface area contributed by atoms with Gasteiger partial charge in [0.2, 0.25) is 17.8 Å². The lowest BCUT2D eigenvalue weighted by atomic mass is 9.93. The molecule has 0 saturated carbocycles. The number of aromatic nitrogens is 2. The fraction of sp³-hybridized carbons (Fsp3) is 0.458. The van der Waals surface area contributed by atoms with Crippen LogP contribution in [0.15, 0.2) is 65.7 Å². The number of piperidine rings is 2. The van der Waals surface area contributed by atoms with Gasteiger partial charge in [0.05, 0.1) is 44.9 Å². The molecule has 8 rings (SSSR count). The average molecular weight is 941 g/mol. The fourth-order valence-electron chi connectivity index (χ4n) is 9.54. The van der Waals surface area contributed by atoms with Gasteiger partial charge in [-0.1, -0.05) is 23.7 Å². The van der Waals surface area contributed by atoms with E-state index in [0.29, 0.717) is 28.6 Å². The summed E-state index contributed by atoms with van der Waals surface area (Å²) in [7, 11) is -3.59. The minimum absolute atomic E-state index is 0.0784. The highest BCUT2D eigenvalue weighted by atomic mass is 35.5. The van der Waals surface area contributed by atoms with Crippen LogP contribution < -0.4 is 30.5 Å². The molecule has 3 atom stereocenters. The molecule has 0 radical (unpaired) electrons. The van der Waals surface area contributed by atoms with Crippen molar-refractivity contribution in [2.45, 2.75) is 109 Å². The number of rotatable bonds is 13. The van der Waals surface area contributed by atoms with Gasteiger partial charge in [-0.25, -0.2) is 13.4 Å². The van der Waals surface area contributed by atoms with Gasteiger partial charge in [0.25, 0.3) is 11.8 Å². The van der Waals surface area contributed by atoms with Gasteiger partial charge in [0.15, 0.2) is 15.7 Å². The molecule has 5 heterocycles. The molecule has 4 aromatic rings. The van der Waals surface area contributed by atoms with Gasteiger partial charge in [-0.3, -0.25) is 34.3 Å². The van der Waals surface area contributed by atoms with Crippen LogP contribution in [-0.4, -0.2) is 114 Å². The fourth-order valence-corrected chi connectivity index (χ4v) is 10.9. The van der Waals surface area contributed by atoms with E-state index in [4.69, 9.17) is 16.3 Å². The second-order valence-corrected chi connectivity index (χ2v) is 21.3. The standard InChI is InChI=1S/C48H58ClN9O7S/c1-27(2)65-41-22-40(29(5)20-38(41)52-48-50-23-36(49)44(54-48)51-37-10-8-9-11-42(37)66(63,64)28(3)4)55-18-16-32(17-19-55)26-57-30(6)24-56(25-31(57)7)33-12-13-34-35(21-33)47(62)58(46(34)61)39-14-15-43(59)53-45(39)60/h8-13,20-23,27-28,30-32,39H,14-19,24-26H2,1-7H3,(H,53,59,60)(H2,50,51,52,54). The molecule has 4 aliphatic heterocycles. The van der Waals surface area contributed by atoms with Crippen molar-refractivity contribution in [3.05, 3.63) is 82.5 Å². The third kappa shape index (κ3) is 9.42. The Bertz CT molecular complexity index is 2660. The van der Waals surface area contributed by atoms with Gasteiger partial charge in [-0.05, 0) is 116 Å². The summed E-state index contributed by atoms with van der Waals surface area (Å²) in [4.78, 5) is 68.6. The summed E-state index contributed by atoms with van der Waals surface area (Å²) in [6.45, 7) is 18.1. The lowest BCUT2D eigenvalue weighted by Gasteiger charge is -2.47. The maximum Gasteiger partial charge on any atom is 0.262 e. The molecule has 4 amide bonds. The van der Waals surface area contributed by atoms with Crippen molar-refractivity contribution >= 4 is 79.6 Å². The van der Waals surface area contributed by atoms with E-state index in [1.807, 2.05) is 26.0 Å². The zero-order valence-corrected chi connectivity index (χ0v) is 40.0. The number of nitrogens with zero attached hydrogens (tertiary/aromatic N) is 6. The van der Waals surface area contributed by atoms with Gasteiger partial charge in [0.1, 0.15) is 16.8 Å². The van der Waals surface area contributed by atoms with Crippen LogP contribution in [0, 0.1) is 12.8 Å². The van der Waals surface area contributed by atoms with Gasteiger partial charge >= 0.3 is 0 Å². The number of nitrogens with one attached hydrogen (secondary N) is 3. The predicted molar refractivity (Wildman–Crippen MR) is 255 cm³/mol. The Kier molecular flexibility index (Phi) is 13.3. The zero-order chi connectivity index (χ0) is 47.2. The van der Waals surface area contributed by atoms with Crippen molar-refractivity contribution < 1.29 is 32.3 Å². The maximum absolute atomic E-state index is 13.5. The molecular weight excluding hydrogens is 882 g/mol. The van der Waals surface area contributed by atoms with Crippen LogP contribution in [0.25, 0.3) is 0 Å². The number of carbonyl (C=O) groups excluding carboxylic acids is 4. The number of aryl methyl sites for hydroxylation is 1. The Morgan fingerprint density at radius 3 is 2.24 bits per heavy atom. The van der Waals surface area contributed by atoms with E-state index in [0.717, 1.165) is 67.4 Å². The van der Waals surface area contributed by atoms with Crippen LogP contribution in [0.4, 0.5) is 34.5 Å². The van der Waals surface area contributed by atoms with Crippen molar-refractivity contribution in [1.82, 2.24) is 25.1 Å². The van der Waals surface area contributed by atoms with Gasteiger partial charge in [0, 0.05) is 68.7 Å². The molecule has 3 aromatic carbocycles. The first-order valence-corrected chi connectivity index (χ1v) is 24.6. The van der Waals surface area contributed by atoms with Crippen LogP contribution in [0.3, 0.4) is 0 Å². The number of ether oxygens (including phenoxy) is 1. The van der Waals surface area contributed by atoms with Crippen LogP contribution in [0.2, 0.25) is 5.02 Å². The van der Waals surface area contributed by atoms with Crippen molar-refractivity contribution in [2.75, 3.05) is 53.2 Å². The average Bonchev–Trinajstić information content (AvgIpc) is 3.52. The first-order chi connectivity index (χ1) is 31.4. The summed E-state index contributed by atoms with van der Waals surface area (Å²) in [5, 5.41) is 8.32. The largest absolute Gasteiger partial charge is 0.489 e.